The molecule has 0 spiro atoms. The number of aryl methyl sites for hydroxylation is 1. The van der Waals surface area contributed by atoms with E-state index < -0.39 is 5.91 Å². The van der Waals surface area contributed by atoms with E-state index >= 15 is 0 Å². The van der Waals surface area contributed by atoms with Crippen molar-refractivity contribution in [2.24, 2.45) is 7.05 Å². The highest BCUT2D eigenvalue weighted by atomic mass is 19.1. The fourth-order valence-corrected chi connectivity index (χ4v) is 1.62. The zero-order chi connectivity index (χ0) is 13.3. The van der Waals surface area contributed by atoms with E-state index in [1.807, 2.05) is 0 Å². The number of aromatic nitrogens is 2. The summed E-state index contributed by atoms with van der Waals surface area (Å²) >= 11 is 0. The first-order valence-corrected chi connectivity index (χ1v) is 5.31. The summed E-state index contributed by atoms with van der Waals surface area (Å²) in [5.74, 6) is -0.905. The molecule has 0 fully saturated rings. The zero-order valence-electron chi connectivity index (χ0n) is 9.98. The molecule has 1 heterocycles. The molecule has 94 valence electrons. The number of nitrogens with one attached hydrogen (secondary N) is 1. The van der Waals surface area contributed by atoms with Crippen LogP contribution in [0.1, 0.15) is 16.2 Å². The predicted molar refractivity (Wildman–Crippen MR) is 63.5 cm³/mol. The molecule has 2 aromatic rings. The van der Waals surface area contributed by atoms with Crippen LogP contribution in [-0.2, 0) is 7.05 Å². The second-order valence-corrected chi connectivity index (χ2v) is 3.95. The summed E-state index contributed by atoms with van der Waals surface area (Å²) < 4.78 is 14.8. The molecule has 1 aromatic heterocycles. The zero-order valence-corrected chi connectivity index (χ0v) is 9.98. The highest BCUT2D eigenvalue weighted by Crippen LogP contribution is 2.11. The third-order valence-corrected chi connectivity index (χ3v) is 2.69. The molecule has 0 aliphatic heterocycles. The monoisotopic (exact) mass is 249 g/mol. The van der Waals surface area contributed by atoms with Crippen molar-refractivity contribution in [3.63, 3.8) is 0 Å². The van der Waals surface area contributed by atoms with Crippen LogP contribution < -0.4 is 10.0 Å². The predicted octanol–water partition coefficient (Wildman–Crippen LogP) is 1.36. The number of rotatable bonds is 2. The minimum atomic E-state index is -0.519. The first kappa shape index (κ1) is 12.1. The van der Waals surface area contributed by atoms with Gasteiger partial charge in [0.05, 0.1) is 7.05 Å². The maximum absolute atomic E-state index is 12.7. The number of benzene rings is 1. The van der Waals surface area contributed by atoms with E-state index in [1.165, 1.54) is 30.6 Å². The van der Waals surface area contributed by atoms with Crippen molar-refractivity contribution >= 4 is 11.6 Å². The Morgan fingerprint density at radius 2 is 2.00 bits per heavy atom. The molecule has 1 aromatic carbocycles. The number of nitrogens with zero attached hydrogens (tertiary/aromatic N) is 2. The van der Waals surface area contributed by atoms with E-state index in [9.17, 15) is 14.4 Å². The Labute approximate surface area is 103 Å². The van der Waals surface area contributed by atoms with Gasteiger partial charge in [-0.2, -0.15) is 0 Å². The molecule has 6 heteroatoms. The van der Waals surface area contributed by atoms with Gasteiger partial charge in [-0.3, -0.25) is 4.79 Å². The van der Waals surface area contributed by atoms with Crippen LogP contribution in [0.25, 0.3) is 0 Å². The summed E-state index contributed by atoms with van der Waals surface area (Å²) in [4.78, 5) is 11.9. The van der Waals surface area contributed by atoms with Gasteiger partial charge < -0.3 is 10.5 Å². The van der Waals surface area contributed by atoms with E-state index in [-0.39, 0.29) is 11.5 Å². The molecule has 1 N–H and O–H groups in total. The Morgan fingerprint density at radius 1 is 1.39 bits per heavy atom. The van der Waals surface area contributed by atoms with Crippen molar-refractivity contribution in [2.45, 2.75) is 6.92 Å². The molecule has 0 aliphatic carbocycles. The molecule has 1 amide bonds. The molecular formula is C12H12FN3O2. The molecule has 0 aliphatic rings. The number of anilines is 1. The van der Waals surface area contributed by atoms with Crippen molar-refractivity contribution in [3.05, 3.63) is 53.0 Å². The first-order valence-electron chi connectivity index (χ1n) is 5.31. The highest BCUT2D eigenvalue weighted by Gasteiger charge is 2.21. The number of halogens is 1. The van der Waals surface area contributed by atoms with Crippen molar-refractivity contribution in [1.82, 2.24) is 4.57 Å². The summed E-state index contributed by atoms with van der Waals surface area (Å²) in [6.07, 6.45) is 1.27. The van der Waals surface area contributed by atoms with E-state index in [4.69, 9.17) is 0 Å². The Balaban J connectivity index is 2.24. The lowest BCUT2D eigenvalue weighted by Gasteiger charge is -2.05. The molecule has 0 unspecified atom stereocenters. The molecule has 0 atom stereocenters. The summed E-state index contributed by atoms with van der Waals surface area (Å²) in [5, 5.41) is 14.1. The molecule has 18 heavy (non-hydrogen) atoms. The van der Waals surface area contributed by atoms with Gasteiger partial charge in [-0.1, -0.05) is 0 Å². The summed E-state index contributed by atoms with van der Waals surface area (Å²) in [6, 6.07) is 5.33. The van der Waals surface area contributed by atoms with Gasteiger partial charge in [-0.05, 0) is 24.3 Å². The molecule has 0 saturated carbocycles. The van der Waals surface area contributed by atoms with Crippen LogP contribution >= 0.6 is 0 Å². The SMILES string of the molecule is Cc1c(C(=O)Nc2ccc(F)cc2)[n+]([O-])cn1C. The Bertz CT molecular complexity index is 590. The van der Waals surface area contributed by atoms with Crippen LogP contribution in [0.2, 0.25) is 0 Å². The number of imidazole rings is 1. The molecular weight excluding hydrogens is 237 g/mol. The van der Waals surface area contributed by atoms with Crippen LogP contribution in [0.3, 0.4) is 0 Å². The molecule has 0 bridgehead atoms. The number of hydrogen-bond acceptors (Lipinski definition) is 2. The van der Waals surface area contributed by atoms with Gasteiger partial charge in [0.15, 0.2) is 5.69 Å². The fraction of sp³-hybridized carbons (Fsp3) is 0.167. The van der Waals surface area contributed by atoms with Gasteiger partial charge in [-0.25, -0.2) is 13.7 Å². The van der Waals surface area contributed by atoms with Crippen molar-refractivity contribution in [1.29, 1.82) is 0 Å². The second kappa shape index (κ2) is 4.48. The van der Waals surface area contributed by atoms with Crippen molar-refractivity contribution in [2.75, 3.05) is 5.32 Å². The number of amides is 1. The van der Waals surface area contributed by atoms with E-state index in [1.54, 1.807) is 18.5 Å². The minimum absolute atomic E-state index is 0.0295. The third kappa shape index (κ3) is 2.17. The van der Waals surface area contributed by atoms with Crippen LogP contribution in [0, 0.1) is 17.9 Å². The third-order valence-electron chi connectivity index (χ3n) is 2.69. The Kier molecular flexibility index (Phi) is 3.01. The molecule has 0 saturated heterocycles. The minimum Gasteiger partial charge on any atom is -0.710 e. The summed E-state index contributed by atoms with van der Waals surface area (Å²) in [6.45, 7) is 1.67. The average Bonchev–Trinajstić information content (AvgIpc) is 2.56. The molecule has 0 radical (unpaired) electrons. The number of carbonyl (C=O) groups is 1. The first-order chi connectivity index (χ1) is 8.49. The van der Waals surface area contributed by atoms with Crippen LogP contribution in [0.15, 0.2) is 30.6 Å². The van der Waals surface area contributed by atoms with Crippen molar-refractivity contribution in [3.8, 4) is 0 Å². The quantitative estimate of drug-likeness (QED) is 0.645. The largest absolute Gasteiger partial charge is 0.710 e. The number of carbonyl (C=O) groups excluding carboxylic acids is 1. The fourth-order valence-electron chi connectivity index (χ4n) is 1.62. The topological polar surface area (TPSA) is 61.0 Å². The highest BCUT2D eigenvalue weighted by molar-refractivity contribution is 6.02. The maximum atomic E-state index is 12.7. The van der Waals surface area contributed by atoms with Crippen molar-refractivity contribution < 1.29 is 13.9 Å². The maximum Gasteiger partial charge on any atom is 0.300 e. The lowest BCUT2D eigenvalue weighted by atomic mass is 10.3. The van der Waals surface area contributed by atoms with Gasteiger partial charge in [0.1, 0.15) is 5.82 Å². The Hall–Kier alpha value is -2.37. The standard InChI is InChI=1S/C12H12FN3O2/c1-8-11(16(18)7-15(8)2)12(17)14-10-5-3-9(13)4-6-10/h3-7H,1-2H3,(H,14,17). The summed E-state index contributed by atoms with van der Waals surface area (Å²) in [5.41, 5.74) is 1.02. The van der Waals surface area contributed by atoms with Gasteiger partial charge >= 0.3 is 0 Å². The lowest BCUT2D eigenvalue weighted by molar-refractivity contribution is -0.607. The number of hydrogen-bond donors (Lipinski definition) is 1. The van der Waals surface area contributed by atoms with E-state index in [0.29, 0.717) is 16.1 Å². The average molecular weight is 249 g/mol. The Morgan fingerprint density at radius 3 is 2.50 bits per heavy atom. The normalized spacial score (nSPS) is 10.4. The van der Waals surface area contributed by atoms with Gasteiger partial charge in [0, 0.05) is 12.6 Å². The van der Waals surface area contributed by atoms with Gasteiger partial charge in [0.2, 0.25) is 12.0 Å². The van der Waals surface area contributed by atoms with Gasteiger partial charge in [-0.15, -0.1) is 0 Å². The molecule has 2 rings (SSSR count). The smallest absolute Gasteiger partial charge is 0.300 e. The van der Waals surface area contributed by atoms with Gasteiger partial charge in [0.25, 0.3) is 5.91 Å². The lowest BCUT2D eigenvalue weighted by Crippen LogP contribution is -2.34. The molecule has 5 nitrogen and oxygen atoms in total. The second-order valence-electron chi connectivity index (χ2n) is 3.95. The van der Waals surface area contributed by atoms with E-state index in [2.05, 4.69) is 5.32 Å². The van der Waals surface area contributed by atoms with E-state index in [0.717, 1.165) is 0 Å². The summed E-state index contributed by atoms with van der Waals surface area (Å²) in [7, 11) is 1.68. The van der Waals surface area contributed by atoms with Crippen LogP contribution in [-0.4, -0.2) is 10.5 Å². The van der Waals surface area contributed by atoms with Crippen LogP contribution in [0.4, 0.5) is 10.1 Å². The van der Waals surface area contributed by atoms with Crippen LogP contribution in [0.5, 0.6) is 0 Å².